The number of hydrogen-bond donors (Lipinski definition) is 3. The predicted octanol–water partition coefficient (Wildman–Crippen LogP) is 4.65. The SMILES string of the molecule is CC.O=C(NC(Cc1ccc(COCCc2ccc3c(n2)NCCC3)cc1)C(=O)O)c1ccccc1. The lowest BCUT2D eigenvalue weighted by atomic mass is 10.0. The number of nitrogens with zero attached hydrogens (tertiary/aromatic N) is 1. The van der Waals surface area contributed by atoms with Gasteiger partial charge in [0, 0.05) is 30.6 Å². The topological polar surface area (TPSA) is 101 Å². The molecular weight excluding hydrogens is 454 g/mol. The smallest absolute Gasteiger partial charge is 0.326 e. The van der Waals surface area contributed by atoms with Crippen LogP contribution >= 0.6 is 0 Å². The molecule has 0 fully saturated rings. The summed E-state index contributed by atoms with van der Waals surface area (Å²) in [7, 11) is 0. The highest BCUT2D eigenvalue weighted by molar-refractivity contribution is 5.96. The Balaban J connectivity index is 0.00000176. The molecular formula is C29H35N3O4. The molecule has 190 valence electrons. The molecule has 1 aliphatic rings. The van der Waals surface area contributed by atoms with E-state index in [1.54, 1.807) is 30.3 Å². The molecule has 2 heterocycles. The molecule has 1 amide bonds. The van der Waals surface area contributed by atoms with Crippen LogP contribution in [0, 0.1) is 0 Å². The van der Waals surface area contributed by atoms with Gasteiger partial charge in [-0.2, -0.15) is 0 Å². The Hall–Kier alpha value is -3.71. The number of rotatable bonds is 10. The van der Waals surface area contributed by atoms with Crippen LogP contribution in [0.1, 0.15) is 53.0 Å². The number of pyridine rings is 1. The van der Waals surface area contributed by atoms with Gasteiger partial charge in [0.25, 0.3) is 5.91 Å². The van der Waals surface area contributed by atoms with Crippen LogP contribution in [0.5, 0.6) is 0 Å². The summed E-state index contributed by atoms with van der Waals surface area (Å²) in [6, 6.07) is 19.4. The van der Waals surface area contributed by atoms with Crippen molar-refractivity contribution < 1.29 is 19.4 Å². The van der Waals surface area contributed by atoms with Crippen molar-refractivity contribution in [1.29, 1.82) is 0 Å². The van der Waals surface area contributed by atoms with Crippen molar-refractivity contribution in [2.75, 3.05) is 18.5 Å². The average molecular weight is 490 g/mol. The van der Waals surface area contributed by atoms with E-state index in [1.807, 2.05) is 38.1 Å². The van der Waals surface area contributed by atoms with Gasteiger partial charge in [-0.05, 0) is 47.7 Å². The van der Waals surface area contributed by atoms with Crippen LogP contribution in [-0.4, -0.2) is 41.2 Å². The summed E-state index contributed by atoms with van der Waals surface area (Å²) in [5.74, 6) is -0.469. The van der Waals surface area contributed by atoms with E-state index in [0.29, 0.717) is 18.8 Å². The van der Waals surface area contributed by atoms with Gasteiger partial charge in [0.05, 0.1) is 13.2 Å². The van der Waals surface area contributed by atoms with Gasteiger partial charge in [-0.3, -0.25) is 4.79 Å². The molecule has 3 aromatic rings. The predicted molar refractivity (Wildman–Crippen MR) is 141 cm³/mol. The minimum absolute atomic E-state index is 0.201. The standard InChI is InChI=1S/C27H29N3O4.C2H6/c31-26(22-5-2-1-3-6-22)30-24(27(32)33)17-19-8-10-20(11-9-19)18-34-16-14-23-13-12-21-7-4-15-28-25(21)29-23;1-2/h1-3,5-6,8-13,24H,4,7,14-18H2,(H,28,29)(H,30,31)(H,32,33);1-2H3. The van der Waals surface area contributed by atoms with E-state index in [1.165, 1.54) is 5.56 Å². The van der Waals surface area contributed by atoms with Crippen molar-refractivity contribution in [1.82, 2.24) is 10.3 Å². The van der Waals surface area contributed by atoms with Crippen molar-refractivity contribution >= 4 is 17.7 Å². The first-order chi connectivity index (χ1) is 17.6. The fourth-order valence-electron chi connectivity index (χ4n) is 3.91. The summed E-state index contributed by atoms with van der Waals surface area (Å²) in [5.41, 5.74) is 4.56. The number of amides is 1. The third-order valence-electron chi connectivity index (χ3n) is 5.83. The van der Waals surface area contributed by atoms with Gasteiger partial charge >= 0.3 is 5.97 Å². The monoisotopic (exact) mass is 489 g/mol. The number of carbonyl (C=O) groups excluding carboxylic acids is 1. The van der Waals surface area contributed by atoms with E-state index in [2.05, 4.69) is 27.8 Å². The van der Waals surface area contributed by atoms with Crippen molar-refractivity contribution in [2.45, 2.75) is 52.2 Å². The Morgan fingerprint density at radius 1 is 1.03 bits per heavy atom. The van der Waals surface area contributed by atoms with E-state index >= 15 is 0 Å². The molecule has 0 bridgehead atoms. The molecule has 1 atom stereocenters. The number of benzene rings is 2. The molecule has 0 saturated heterocycles. The van der Waals surface area contributed by atoms with Crippen LogP contribution in [0.4, 0.5) is 5.82 Å². The number of carboxylic acids is 1. The van der Waals surface area contributed by atoms with E-state index in [0.717, 1.165) is 48.4 Å². The summed E-state index contributed by atoms with van der Waals surface area (Å²) in [4.78, 5) is 28.7. The molecule has 0 aliphatic carbocycles. The highest BCUT2D eigenvalue weighted by Gasteiger charge is 2.21. The normalized spacial score (nSPS) is 12.8. The minimum atomic E-state index is -1.07. The number of anilines is 1. The van der Waals surface area contributed by atoms with Crippen LogP contribution in [0.3, 0.4) is 0 Å². The molecule has 36 heavy (non-hydrogen) atoms. The van der Waals surface area contributed by atoms with Crippen LogP contribution in [0.2, 0.25) is 0 Å². The van der Waals surface area contributed by atoms with Gasteiger partial charge < -0.3 is 20.5 Å². The van der Waals surface area contributed by atoms with Gasteiger partial charge in [-0.25, -0.2) is 9.78 Å². The molecule has 1 unspecified atom stereocenters. The molecule has 7 heteroatoms. The summed E-state index contributed by atoms with van der Waals surface area (Å²) >= 11 is 0. The van der Waals surface area contributed by atoms with Crippen molar-refractivity contribution in [3.8, 4) is 0 Å². The molecule has 7 nitrogen and oxygen atoms in total. The van der Waals surface area contributed by atoms with Gasteiger partial charge in [0.15, 0.2) is 0 Å². The maximum Gasteiger partial charge on any atom is 0.326 e. The Morgan fingerprint density at radius 3 is 2.47 bits per heavy atom. The van der Waals surface area contributed by atoms with E-state index < -0.39 is 17.9 Å². The zero-order chi connectivity index (χ0) is 25.8. The van der Waals surface area contributed by atoms with Crippen molar-refractivity contribution in [3.05, 3.63) is 94.7 Å². The lowest BCUT2D eigenvalue weighted by Gasteiger charge is -2.17. The van der Waals surface area contributed by atoms with E-state index in [4.69, 9.17) is 4.74 Å². The summed E-state index contributed by atoms with van der Waals surface area (Å²) < 4.78 is 5.82. The molecule has 0 spiro atoms. The van der Waals surface area contributed by atoms with E-state index in [-0.39, 0.29) is 6.42 Å². The summed E-state index contributed by atoms with van der Waals surface area (Å²) in [6.07, 6.45) is 3.17. The van der Waals surface area contributed by atoms with E-state index in [9.17, 15) is 14.7 Å². The number of carboxylic acid groups (broad SMARTS) is 1. The maximum absolute atomic E-state index is 12.3. The number of hydrogen-bond acceptors (Lipinski definition) is 5. The molecule has 3 N–H and O–H groups in total. The highest BCUT2D eigenvalue weighted by atomic mass is 16.5. The zero-order valence-corrected chi connectivity index (χ0v) is 21.0. The minimum Gasteiger partial charge on any atom is -0.480 e. The number of aryl methyl sites for hydroxylation is 1. The first kappa shape index (κ1) is 26.9. The number of nitrogens with one attached hydrogen (secondary N) is 2. The highest BCUT2D eigenvalue weighted by Crippen LogP contribution is 2.20. The zero-order valence-electron chi connectivity index (χ0n) is 21.0. The lowest BCUT2D eigenvalue weighted by Crippen LogP contribution is -2.42. The van der Waals surface area contributed by atoms with Crippen LogP contribution in [-0.2, 0) is 35.4 Å². The Labute approximate surface area is 212 Å². The quantitative estimate of drug-likeness (QED) is 0.359. The fraction of sp³-hybridized carbons (Fsp3) is 0.345. The van der Waals surface area contributed by atoms with Crippen LogP contribution < -0.4 is 10.6 Å². The lowest BCUT2D eigenvalue weighted by molar-refractivity contribution is -0.139. The molecule has 1 aliphatic heterocycles. The average Bonchev–Trinajstić information content (AvgIpc) is 2.93. The molecule has 1 aromatic heterocycles. The second-order valence-electron chi connectivity index (χ2n) is 8.39. The van der Waals surface area contributed by atoms with Gasteiger partial charge in [-0.15, -0.1) is 0 Å². The second-order valence-corrected chi connectivity index (χ2v) is 8.39. The van der Waals surface area contributed by atoms with Gasteiger partial charge in [0.2, 0.25) is 0 Å². The number of carbonyl (C=O) groups is 2. The molecule has 2 aromatic carbocycles. The summed E-state index contributed by atoms with van der Waals surface area (Å²) in [5, 5.41) is 15.5. The third-order valence-corrected chi connectivity index (χ3v) is 5.83. The van der Waals surface area contributed by atoms with Crippen LogP contribution in [0.15, 0.2) is 66.7 Å². The Kier molecular flexibility index (Phi) is 10.5. The molecule has 0 saturated carbocycles. The van der Waals surface area contributed by atoms with Gasteiger partial charge in [0.1, 0.15) is 11.9 Å². The number of fused-ring (bicyclic) bond motifs is 1. The maximum atomic E-state index is 12.3. The first-order valence-electron chi connectivity index (χ1n) is 12.6. The number of ether oxygens (including phenoxy) is 1. The number of aromatic nitrogens is 1. The van der Waals surface area contributed by atoms with Gasteiger partial charge in [-0.1, -0.05) is 62.4 Å². The summed E-state index contributed by atoms with van der Waals surface area (Å²) in [6.45, 7) is 6.01. The number of aliphatic carboxylic acids is 1. The largest absolute Gasteiger partial charge is 0.480 e. The third kappa shape index (κ3) is 7.92. The van der Waals surface area contributed by atoms with Crippen molar-refractivity contribution in [2.24, 2.45) is 0 Å². The fourth-order valence-corrected chi connectivity index (χ4v) is 3.91. The Bertz CT molecular complexity index is 1120. The first-order valence-corrected chi connectivity index (χ1v) is 12.6. The van der Waals surface area contributed by atoms with Crippen LogP contribution in [0.25, 0.3) is 0 Å². The second kappa shape index (κ2) is 14.0. The molecule has 0 radical (unpaired) electrons. The molecule has 4 rings (SSSR count). The Morgan fingerprint density at radius 2 is 1.75 bits per heavy atom. The van der Waals surface area contributed by atoms with Crippen molar-refractivity contribution in [3.63, 3.8) is 0 Å².